The number of aliphatic hydroxyl groups is 1. The number of ether oxygens (including phenoxy) is 6. The maximum Gasteiger partial charge on any atom is 0.303 e. The van der Waals surface area contributed by atoms with Gasteiger partial charge in [0.25, 0.3) is 0 Å². The second-order valence-electron chi connectivity index (χ2n) is 13.2. The first-order valence-corrected chi connectivity index (χ1v) is 14.2. The third-order valence-corrected chi connectivity index (χ3v) is 12.2. The molecule has 0 radical (unpaired) electrons. The summed E-state index contributed by atoms with van der Waals surface area (Å²) >= 11 is 0. The lowest BCUT2D eigenvalue weighted by Gasteiger charge is -2.71. The fraction of sp³-hybridized carbons (Fsp3) is 0.929. The number of likely N-dealkylation sites (tertiary alicyclic amines) is 1. The van der Waals surface area contributed by atoms with Gasteiger partial charge in [-0.25, -0.2) is 0 Å². The molecule has 7 aliphatic rings. The molecule has 0 aromatic heterocycles. The Morgan fingerprint density at radius 1 is 1.05 bits per heavy atom. The lowest BCUT2D eigenvalue weighted by atomic mass is 9.41. The van der Waals surface area contributed by atoms with Gasteiger partial charge < -0.3 is 33.5 Å². The van der Waals surface area contributed by atoms with Gasteiger partial charge in [0.05, 0.1) is 35.2 Å². The lowest BCUT2D eigenvalue weighted by molar-refractivity contribution is -0.331. The van der Waals surface area contributed by atoms with E-state index in [-0.39, 0.29) is 48.3 Å². The van der Waals surface area contributed by atoms with Crippen molar-refractivity contribution >= 4 is 11.9 Å². The summed E-state index contributed by atoms with van der Waals surface area (Å²) in [5, 5.41) is 13.5. The molecule has 212 valence electrons. The first-order chi connectivity index (χ1) is 18.0. The summed E-state index contributed by atoms with van der Waals surface area (Å²) in [5.74, 6) is -1.78. The summed E-state index contributed by atoms with van der Waals surface area (Å²) in [6, 6.07) is -0.316. The largest absolute Gasteiger partial charge is 0.462 e. The van der Waals surface area contributed by atoms with Gasteiger partial charge in [-0.1, -0.05) is 13.8 Å². The van der Waals surface area contributed by atoms with E-state index in [1.165, 1.54) is 13.8 Å². The van der Waals surface area contributed by atoms with Crippen molar-refractivity contribution in [1.29, 1.82) is 0 Å². The van der Waals surface area contributed by atoms with Crippen LogP contribution in [0.4, 0.5) is 0 Å². The van der Waals surface area contributed by atoms with E-state index in [0.29, 0.717) is 12.8 Å². The molecule has 13 atom stereocenters. The SMILES string of the molecule is CCN1C[C@]2(C)CCC(OC)C34[C@@H]1C1(OCO[C@@]15C[C@H](OC)C1C[C@]3(O)[C@@H]5C1OC(C)=O)[C@@H](OC(C)=O)[C@@H]42. The fourth-order valence-corrected chi connectivity index (χ4v) is 11.8. The van der Waals surface area contributed by atoms with Crippen LogP contribution < -0.4 is 0 Å². The summed E-state index contributed by atoms with van der Waals surface area (Å²) in [7, 11) is 3.38. The average molecular weight is 536 g/mol. The van der Waals surface area contributed by atoms with Crippen molar-refractivity contribution in [1.82, 2.24) is 4.90 Å². The zero-order valence-electron chi connectivity index (χ0n) is 23.2. The molecule has 0 amide bonds. The van der Waals surface area contributed by atoms with Gasteiger partial charge in [-0.3, -0.25) is 14.5 Å². The van der Waals surface area contributed by atoms with E-state index in [4.69, 9.17) is 28.4 Å². The van der Waals surface area contributed by atoms with Gasteiger partial charge in [0.1, 0.15) is 24.6 Å². The molecule has 5 saturated carbocycles. The van der Waals surface area contributed by atoms with Crippen LogP contribution in [0.5, 0.6) is 0 Å². The zero-order chi connectivity index (χ0) is 27.0. The van der Waals surface area contributed by atoms with Crippen LogP contribution in [0.15, 0.2) is 0 Å². The summed E-state index contributed by atoms with van der Waals surface area (Å²) in [5.41, 5.74) is -4.59. The number of carbonyl (C=O) groups is 2. The van der Waals surface area contributed by atoms with Crippen LogP contribution in [0, 0.1) is 28.6 Å². The van der Waals surface area contributed by atoms with Crippen LogP contribution in [0.1, 0.15) is 53.4 Å². The van der Waals surface area contributed by atoms with Crippen molar-refractivity contribution < 1.29 is 43.1 Å². The summed E-state index contributed by atoms with van der Waals surface area (Å²) in [6.45, 7) is 8.81. The first-order valence-electron chi connectivity index (χ1n) is 14.2. The molecule has 2 saturated heterocycles. The van der Waals surface area contributed by atoms with Crippen molar-refractivity contribution in [2.24, 2.45) is 28.6 Å². The number of likely N-dealkylation sites (N-methyl/N-ethyl adjacent to an activating group) is 1. The van der Waals surface area contributed by atoms with Crippen LogP contribution in [-0.4, -0.2) is 103 Å². The number of hydrogen-bond acceptors (Lipinski definition) is 10. The van der Waals surface area contributed by atoms with E-state index in [1.54, 1.807) is 14.2 Å². The molecule has 1 N–H and O–H groups in total. The summed E-state index contributed by atoms with van der Waals surface area (Å²) < 4.78 is 38.4. The Bertz CT molecular complexity index is 1070. The first kappa shape index (κ1) is 25.7. The van der Waals surface area contributed by atoms with Crippen LogP contribution >= 0.6 is 0 Å². The van der Waals surface area contributed by atoms with Crippen LogP contribution in [0.2, 0.25) is 0 Å². The van der Waals surface area contributed by atoms with E-state index in [2.05, 4.69) is 18.7 Å². The quantitative estimate of drug-likeness (QED) is 0.517. The normalized spacial score (nSPS) is 57.4. The average Bonchev–Trinajstić information content (AvgIpc) is 3.39. The molecule has 2 aliphatic heterocycles. The van der Waals surface area contributed by atoms with Crippen molar-refractivity contribution in [3.8, 4) is 0 Å². The Kier molecular flexibility index (Phi) is 5.20. The topological polar surface area (TPSA) is 113 Å². The van der Waals surface area contributed by atoms with Crippen molar-refractivity contribution in [3.05, 3.63) is 0 Å². The second kappa shape index (κ2) is 7.70. The molecule has 3 spiro atoms. The van der Waals surface area contributed by atoms with Crippen LogP contribution in [-0.2, 0) is 38.0 Å². The second-order valence-corrected chi connectivity index (χ2v) is 13.2. The molecule has 7 bridgehead atoms. The van der Waals surface area contributed by atoms with Gasteiger partial charge >= 0.3 is 11.9 Å². The number of esters is 2. The number of rotatable bonds is 5. The third kappa shape index (κ3) is 2.42. The molecule has 7 rings (SSSR count). The lowest BCUT2D eigenvalue weighted by Crippen LogP contribution is -2.85. The number of hydrogen-bond donors (Lipinski definition) is 1. The van der Waals surface area contributed by atoms with Crippen LogP contribution in [0.25, 0.3) is 0 Å². The Hall–Kier alpha value is -1.30. The number of fused-ring (bicyclic) bond motifs is 1. The van der Waals surface area contributed by atoms with E-state index in [9.17, 15) is 14.7 Å². The number of piperidine rings is 1. The van der Waals surface area contributed by atoms with E-state index < -0.39 is 46.3 Å². The highest BCUT2D eigenvalue weighted by molar-refractivity contribution is 5.67. The van der Waals surface area contributed by atoms with Crippen molar-refractivity contribution in [3.63, 3.8) is 0 Å². The van der Waals surface area contributed by atoms with Gasteiger partial charge in [0.15, 0.2) is 5.60 Å². The highest BCUT2D eigenvalue weighted by Crippen LogP contribution is 2.83. The van der Waals surface area contributed by atoms with E-state index >= 15 is 0 Å². The maximum absolute atomic E-state index is 13.5. The van der Waals surface area contributed by atoms with Crippen molar-refractivity contribution in [2.75, 3.05) is 34.1 Å². The molecular formula is C28H41NO9. The van der Waals surface area contributed by atoms with Crippen LogP contribution in [0.3, 0.4) is 0 Å². The molecular weight excluding hydrogens is 494 g/mol. The third-order valence-electron chi connectivity index (χ3n) is 12.2. The highest BCUT2D eigenvalue weighted by atomic mass is 16.7. The van der Waals surface area contributed by atoms with E-state index in [1.807, 2.05) is 0 Å². The Morgan fingerprint density at radius 2 is 1.79 bits per heavy atom. The standard InChI is InChI=1S/C28H41NO9/c1-7-29-12-24(4)9-8-18(34-6)27-21(24)22(38-15(3)31)28(23(27)29)26(35-13-36-28)11-17(33-5)16-10-25(27,32)20(26)19(16)37-14(2)30/h16-23,32H,7-13H2,1-6H3/t16?,17-,18?,19?,20-,21+,22-,23+,24-,25-,26+,27?,28?/m0/s1. The predicted octanol–water partition coefficient (Wildman–Crippen LogP) is 1.27. The van der Waals surface area contributed by atoms with E-state index in [0.717, 1.165) is 25.9 Å². The molecule has 10 heteroatoms. The minimum atomic E-state index is -1.33. The van der Waals surface area contributed by atoms with Gasteiger partial charge in [-0.05, 0) is 31.2 Å². The predicted molar refractivity (Wildman–Crippen MR) is 131 cm³/mol. The molecule has 5 aliphatic carbocycles. The van der Waals surface area contributed by atoms with Gasteiger partial charge in [0.2, 0.25) is 0 Å². The van der Waals surface area contributed by atoms with Crippen molar-refractivity contribution in [2.45, 2.75) is 101 Å². The molecule has 5 unspecified atom stereocenters. The molecule has 0 aromatic rings. The molecule has 10 nitrogen and oxygen atoms in total. The summed E-state index contributed by atoms with van der Waals surface area (Å²) in [4.78, 5) is 27.7. The van der Waals surface area contributed by atoms with Gasteiger partial charge in [-0.15, -0.1) is 0 Å². The fourth-order valence-electron chi connectivity index (χ4n) is 11.8. The molecule has 0 aromatic carbocycles. The summed E-state index contributed by atoms with van der Waals surface area (Å²) in [6.07, 6.45) is 0.595. The maximum atomic E-state index is 13.5. The number of carbonyl (C=O) groups excluding carboxylic acids is 2. The Balaban J connectivity index is 1.60. The number of nitrogens with zero attached hydrogens (tertiary/aromatic N) is 1. The van der Waals surface area contributed by atoms with Gasteiger partial charge in [0, 0.05) is 52.9 Å². The number of methoxy groups -OCH3 is 2. The minimum Gasteiger partial charge on any atom is -0.462 e. The Morgan fingerprint density at radius 3 is 2.42 bits per heavy atom. The monoisotopic (exact) mass is 535 g/mol. The van der Waals surface area contributed by atoms with Gasteiger partial charge in [-0.2, -0.15) is 0 Å². The highest BCUT2D eigenvalue weighted by Gasteiger charge is 2.98. The zero-order valence-corrected chi connectivity index (χ0v) is 23.2. The molecule has 2 heterocycles. The Labute approximate surface area is 223 Å². The molecule has 38 heavy (non-hydrogen) atoms. The molecule has 7 fully saturated rings. The smallest absolute Gasteiger partial charge is 0.303 e. The minimum absolute atomic E-state index is 0.00343.